The fourth-order valence-electron chi connectivity index (χ4n) is 2.54. The molecular weight excluding hydrogens is 260 g/mol. The SMILES string of the molecule is NC(=O)c1ccc(CNC(=O)CC2(O)CCCCC2)o1. The quantitative estimate of drug-likeness (QED) is 0.750. The van der Waals surface area contributed by atoms with Gasteiger partial charge in [-0.3, -0.25) is 9.59 Å². The summed E-state index contributed by atoms with van der Waals surface area (Å²) in [4.78, 5) is 22.7. The first-order chi connectivity index (χ1) is 9.48. The van der Waals surface area contributed by atoms with Crippen LogP contribution in [0.1, 0.15) is 54.8 Å². The second kappa shape index (κ2) is 6.09. The topological polar surface area (TPSA) is 106 Å². The molecule has 0 bridgehead atoms. The van der Waals surface area contributed by atoms with Gasteiger partial charge in [-0.1, -0.05) is 19.3 Å². The van der Waals surface area contributed by atoms with Crippen LogP contribution in [0.2, 0.25) is 0 Å². The Morgan fingerprint density at radius 1 is 1.30 bits per heavy atom. The smallest absolute Gasteiger partial charge is 0.284 e. The zero-order chi connectivity index (χ0) is 14.6. The van der Waals surface area contributed by atoms with Gasteiger partial charge in [0.2, 0.25) is 5.91 Å². The third-order valence-electron chi connectivity index (χ3n) is 3.64. The molecule has 0 atom stereocenters. The first kappa shape index (κ1) is 14.6. The third-order valence-corrected chi connectivity index (χ3v) is 3.64. The van der Waals surface area contributed by atoms with Crippen molar-refractivity contribution in [1.82, 2.24) is 5.32 Å². The van der Waals surface area contributed by atoms with Gasteiger partial charge in [-0.2, -0.15) is 0 Å². The summed E-state index contributed by atoms with van der Waals surface area (Å²) in [5.41, 5.74) is 4.20. The molecule has 1 aliphatic carbocycles. The highest BCUT2D eigenvalue weighted by Crippen LogP contribution is 2.30. The molecule has 0 spiro atoms. The lowest BCUT2D eigenvalue weighted by atomic mass is 9.82. The Morgan fingerprint density at radius 3 is 2.60 bits per heavy atom. The van der Waals surface area contributed by atoms with E-state index >= 15 is 0 Å². The molecule has 110 valence electrons. The van der Waals surface area contributed by atoms with E-state index in [2.05, 4.69) is 5.32 Å². The van der Waals surface area contributed by atoms with E-state index in [1.165, 1.54) is 6.07 Å². The molecule has 1 heterocycles. The van der Waals surface area contributed by atoms with E-state index in [9.17, 15) is 14.7 Å². The number of amides is 2. The molecule has 1 aromatic heterocycles. The number of nitrogens with one attached hydrogen (secondary N) is 1. The number of primary amides is 1. The van der Waals surface area contributed by atoms with Crippen LogP contribution in [0.4, 0.5) is 0 Å². The van der Waals surface area contributed by atoms with E-state index in [1.54, 1.807) is 6.07 Å². The highest BCUT2D eigenvalue weighted by atomic mass is 16.4. The molecule has 0 aliphatic heterocycles. The Hall–Kier alpha value is -1.82. The summed E-state index contributed by atoms with van der Waals surface area (Å²) in [6, 6.07) is 3.06. The summed E-state index contributed by atoms with van der Waals surface area (Å²) < 4.78 is 5.16. The number of aliphatic hydroxyl groups is 1. The molecular formula is C14H20N2O4. The van der Waals surface area contributed by atoms with Gasteiger partial charge in [0.05, 0.1) is 18.6 Å². The lowest BCUT2D eigenvalue weighted by Gasteiger charge is -2.31. The highest BCUT2D eigenvalue weighted by molar-refractivity contribution is 5.89. The number of carbonyl (C=O) groups is 2. The molecule has 0 radical (unpaired) electrons. The highest BCUT2D eigenvalue weighted by Gasteiger charge is 2.31. The largest absolute Gasteiger partial charge is 0.454 e. The number of carbonyl (C=O) groups excluding carboxylic acids is 2. The van der Waals surface area contributed by atoms with Crippen molar-refractivity contribution in [3.8, 4) is 0 Å². The third kappa shape index (κ3) is 3.84. The lowest BCUT2D eigenvalue weighted by molar-refractivity contribution is -0.127. The van der Waals surface area contributed by atoms with Crippen molar-refractivity contribution in [1.29, 1.82) is 0 Å². The number of hydrogen-bond donors (Lipinski definition) is 3. The van der Waals surface area contributed by atoms with Crippen LogP contribution >= 0.6 is 0 Å². The van der Waals surface area contributed by atoms with Crippen molar-refractivity contribution >= 4 is 11.8 Å². The molecule has 0 aromatic carbocycles. The van der Waals surface area contributed by atoms with Gasteiger partial charge >= 0.3 is 0 Å². The maximum absolute atomic E-state index is 11.8. The van der Waals surface area contributed by atoms with Gasteiger partial charge in [-0.05, 0) is 25.0 Å². The van der Waals surface area contributed by atoms with E-state index in [1.807, 2.05) is 0 Å². The second-order valence-corrected chi connectivity index (χ2v) is 5.37. The molecule has 0 saturated heterocycles. The normalized spacial score (nSPS) is 17.6. The van der Waals surface area contributed by atoms with Crippen molar-refractivity contribution in [2.75, 3.05) is 0 Å². The minimum atomic E-state index is -0.871. The van der Waals surface area contributed by atoms with Crippen LogP contribution in [0.15, 0.2) is 16.5 Å². The molecule has 2 amide bonds. The molecule has 1 saturated carbocycles. The molecule has 2 rings (SSSR count). The van der Waals surface area contributed by atoms with E-state index < -0.39 is 11.5 Å². The molecule has 1 aromatic rings. The van der Waals surface area contributed by atoms with Crippen LogP contribution < -0.4 is 11.1 Å². The second-order valence-electron chi connectivity index (χ2n) is 5.37. The average molecular weight is 280 g/mol. The van der Waals surface area contributed by atoms with Gasteiger partial charge in [0.25, 0.3) is 5.91 Å². The average Bonchev–Trinajstić information content (AvgIpc) is 2.85. The van der Waals surface area contributed by atoms with E-state index in [0.717, 1.165) is 19.3 Å². The fourth-order valence-corrected chi connectivity index (χ4v) is 2.54. The van der Waals surface area contributed by atoms with Crippen molar-refractivity contribution in [3.05, 3.63) is 23.7 Å². The molecule has 1 fully saturated rings. The van der Waals surface area contributed by atoms with E-state index in [0.29, 0.717) is 18.6 Å². The van der Waals surface area contributed by atoms with E-state index in [-0.39, 0.29) is 24.6 Å². The molecule has 0 unspecified atom stereocenters. The number of hydrogen-bond acceptors (Lipinski definition) is 4. The summed E-state index contributed by atoms with van der Waals surface area (Å²) in [7, 11) is 0. The van der Waals surface area contributed by atoms with Crippen molar-refractivity contribution < 1.29 is 19.1 Å². The minimum Gasteiger partial charge on any atom is -0.454 e. The Morgan fingerprint density at radius 2 is 2.00 bits per heavy atom. The summed E-state index contributed by atoms with van der Waals surface area (Å²) in [6.45, 7) is 0.183. The van der Waals surface area contributed by atoms with Crippen LogP contribution in [0, 0.1) is 0 Å². The van der Waals surface area contributed by atoms with Crippen LogP contribution in [0.3, 0.4) is 0 Å². The zero-order valence-electron chi connectivity index (χ0n) is 11.4. The maximum Gasteiger partial charge on any atom is 0.284 e. The van der Waals surface area contributed by atoms with Gasteiger partial charge in [-0.25, -0.2) is 0 Å². The lowest BCUT2D eigenvalue weighted by Crippen LogP contribution is -2.38. The van der Waals surface area contributed by atoms with Crippen molar-refractivity contribution in [2.45, 2.75) is 50.7 Å². The van der Waals surface area contributed by atoms with Crippen molar-refractivity contribution in [3.63, 3.8) is 0 Å². The molecule has 1 aliphatic rings. The van der Waals surface area contributed by atoms with Gasteiger partial charge in [0, 0.05) is 0 Å². The maximum atomic E-state index is 11.8. The van der Waals surface area contributed by atoms with E-state index in [4.69, 9.17) is 10.2 Å². The van der Waals surface area contributed by atoms with Gasteiger partial charge in [-0.15, -0.1) is 0 Å². The number of furan rings is 1. The monoisotopic (exact) mass is 280 g/mol. The van der Waals surface area contributed by atoms with Crippen LogP contribution in [-0.2, 0) is 11.3 Å². The van der Waals surface area contributed by atoms with Gasteiger partial charge in [0.15, 0.2) is 5.76 Å². The number of rotatable bonds is 5. The molecule has 6 heteroatoms. The summed E-state index contributed by atoms with van der Waals surface area (Å²) >= 11 is 0. The Bertz CT molecular complexity index is 489. The summed E-state index contributed by atoms with van der Waals surface area (Å²) in [5, 5.41) is 12.9. The van der Waals surface area contributed by atoms with Gasteiger partial charge < -0.3 is 20.6 Å². The van der Waals surface area contributed by atoms with Crippen LogP contribution in [-0.4, -0.2) is 22.5 Å². The Balaban J connectivity index is 1.80. The minimum absolute atomic E-state index is 0.0696. The van der Waals surface area contributed by atoms with Crippen molar-refractivity contribution in [2.24, 2.45) is 5.73 Å². The predicted molar refractivity (Wildman–Crippen MR) is 71.7 cm³/mol. The first-order valence-electron chi connectivity index (χ1n) is 6.86. The Labute approximate surface area is 117 Å². The molecule has 20 heavy (non-hydrogen) atoms. The summed E-state index contributed by atoms with van der Waals surface area (Å²) in [5.74, 6) is -0.325. The number of nitrogens with two attached hydrogens (primary N) is 1. The van der Waals surface area contributed by atoms with Crippen LogP contribution in [0.5, 0.6) is 0 Å². The Kier molecular flexibility index (Phi) is 4.44. The van der Waals surface area contributed by atoms with Crippen LogP contribution in [0.25, 0.3) is 0 Å². The molecule has 6 nitrogen and oxygen atoms in total. The fraction of sp³-hybridized carbons (Fsp3) is 0.571. The predicted octanol–water partition coefficient (Wildman–Crippen LogP) is 1.08. The van der Waals surface area contributed by atoms with Gasteiger partial charge in [0.1, 0.15) is 5.76 Å². The standard InChI is InChI=1S/C14H20N2O4/c15-13(18)11-5-4-10(20-11)9-16-12(17)8-14(19)6-2-1-3-7-14/h4-5,19H,1-3,6-9H2,(H2,15,18)(H,16,17). The zero-order valence-corrected chi connectivity index (χ0v) is 11.4. The summed E-state index contributed by atoms with van der Waals surface area (Å²) in [6.07, 6.45) is 4.50. The molecule has 4 N–H and O–H groups in total. The first-order valence-corrected chi connectivity index (χ1v) is 6.86.